The normalized spacial score (nSPS) is 18.6. The van der Waals surface area contributed by atoms with Crippen molar-refractivity contribution in [3.8, 4) is 11.8 Å². The molecule has 30 heavy (non-hydrogen) atoms. The number of imide groups is 1. The second-order valence-corrected chi connectivity index (χ2v) is 7.54. The van der Waals surface area contributed by atoms with Gasteiger partial charge in [-0.05, 0) is 45.9 Å². The number of hydrogen-bond acceptors (Lipinski definition) is 5. The Labute approximate surface area is 173 Å². The average Bonchev–Trinajstić information content (AvgIpc) is 3.30. The first-order valence-electron chi connectivity index (χ1n) is 9.52. The van der Waals surface area contributed by atoms with Crippen molar-refractivity contribution in [2.45, 2.75) is 39.8 Å². The number of benzene rings is 1. The summed E-state index contributed by atoms with van der Waals surface area (Å²) < 4.78 is 7.18. The number of rotatable bonds is 4. The highest BCUT2D eigenvalue weighted by atomic mass is 16.3. The summed E-state index contributed by atoms with van der Waals surface area (Å²) in [5.41, 5.74) is 1.49. The van der Waals surface area contributed by atoms with Crippen LogP contribution in [0, 0.1) is 32.1 Å². The Morgan fingerprint density at radius 3 is 2.50 bits per heavy atom. The maximum Gasteiger partial charge on any atom is 0.325 e. The second-order valence-electron chi connectivity index (χ2n) is 7.54. The molecule has 1 aliphatic heterocycles. The van der Waals surface area contributed by atoms with Crippen LogP contribution in [0.4, 0.5) is 4.79 Å². The summed E-state index contributed by atoms with van der Waals surface area (Å²) in [5, 5.41) is 16.9. The molecule has 0 aliphatic carbocycles. The van der Waals surface area contributed by atoms with Gasteiger partial charge in [0.25, 0.3) is 5.91 Å². The molecule has 0 radical (unpaired) electrons. The van der Waals surface area contributed by atoms with E-state index in [9.17, 15) is 14.9 Å². The highest BCUT2D eigenvalue weighted by Crippen LogP contribution is 2.34. The molecule has 2 aromatic heterocycles. The Balaban J connectivity index is 1.75. The fraction of sp³-hybridized carbons (Fsp3) is 0.273. The molecule has 0 bridgehead atoms. The van der Waals surface area contributed by atoms with Gasteiger partial charge < -0.3 is 9.73 Å². The third-order valence-electron chi connectivity index (χ3n) is 5.43. The van der Waals surface area contributed by atoms with Crippen molar-refractivity contribution in [3.05, 3.63) is 70.4 Å². The number of aryl methyl sites for hydroxylation is 3. The maximum atomic E-state index is 13.3. The van der Waals surface area contributed by atoms with Gasteiger partial charge in [0, 0.05) is 5.56 Å². The van der Waals surface area contributed by atoms with Gasteiger partial charge in [-0.3, -0.25) is 9.69 Å². The number of urea groups is 1. The first kappa shape index (κ1) is 19.5. The van der Waals surface area contributed by atoms with Gasteiger partial charge >= 0.3 is 6.03 Å². The molecular weight excluding hydrogens is 382 g/mol. The molecule has 1 N–H and O–H groups in total. The van der Waals surface area contributed by atoms with Crippen LogP contribution in [0.5, 0.6) is 0 Å². The Morgan fingerprint density at radius 2 is 1.90 bits per heavy atom. The van der Waals surface area contributed by atoms with E-state index in [1.165, 1.54) is 0 Å². The van der Waals surface area contributed by atoms with Gasteiger partial charge in [-0.2, -0.15) is 10.4 Å². The third-order valence-corrected chi connectivity index (χ3v) is 5.43. The molecule has 1 aromatic carbocycles. The molecule has 3 aromatic rings. The fourth-order valence-corrected chi connectivity index (χ4v) is 3.95. The molecule has 0 spiro atoms. The molecule has 1 unspecified atom stereocenters. The number of nitriles is 1. The summed E-state index contributed by atoms with van der Waals surface area (Å²) in [6.45, 7) is 6.87. The number of carbonyl (C=O) groups is 2. The highest BCUT2D eigenvalue weighted by Gasteiger charge is 2.51. The lowest BCUT2D eigenvalue weighted by atomic mass is 9.92. The minimum atomic E-state index is -1.24. The molecule has 3 heterocycles. The van der Waals surface area contributed by atoms with Crippen molar-refractivity contribution < 1.29 is 14.0 Å². The monoisotopic (exact) mass is 403 g/mol. The first-order valence-corrected chi connectivity index (χ1v) is 9.52. The third kappa shape index (κ3) is 2.87. The highest BCUT2D eigenvalue weighted by molar-refractivity contribution is 6.07. The van der Waals surface area contributed by atoms with E-state index in [4.69, 9.17) is 4.42 Å². The van der Waals surface area contributed by atoms with Crippen molar-refractivity contribution >= 4 is 11.9 Å². The fourth-order valence-electron chi connectivity index (χ4n) is 3.95. The number of amides is 3. The number of carbonyl (C=O) groups excluding carboxylic acids is 2. The zero-order chi connectivity index (χ0) is 21.6. The van der Waals surface area contributed by atoms with E-state index in [2.05, 4.69) is 16.5 Å². The summed E-state index contributed by atoms with van der Waals surface area (Å²) >= 11 is 0. The van der Waals surface area contributed by atoms with Gasteiger partial charge in [0.1, 0.15) is 23.1 Å². The predicted octanol–water partition coefficient (Wildman–Crippen LogP) is 3.23. The Bertz CT molecular complexity index is 1200. The van der Waals surface area contributed by atoms with E-state index >= 15 is 0 Å². The van der Waals surface area contributed by atoms with Gasteiger partial charge in [0.05, 0.1) is 29.2 Å². The summed E-state index contributed by atoms with van der Waals surface area (Å²) in [4.78, 5) is 27.3. The molecule has 8 nitrogen and oxygen atoms in total. The van der Waals surface area contributed by atoms with Crippen molar-refractivity contribution in [3.63, 3.8) is 0 Å². The van der Waals surface area contributed by atoms with Gasteiger partial charge in [0.15, 0.2) is 0 Å². The van der Waals surface area contributed by atoms with E-state index in [0.29, 0.717) is 34.0 Å². The number of aromatic nitrogens is 2. The topological polar surface area (TPSA) is 104 Å². The number of hydrogen-bond donors (Lipinski definition) is 1. The molecule has 3 amide bonds. The standard InChI is InChI=1S/C22H21N5O3/c1-13-10-18(15(3)30-13)22(4)20(28)26(21(29)24-22)12-19-17(11-23)14(2)25-27(19)16-8-6-5-7-9-16/h5-10H,12H2,1-4H3,(H,24,29). The summed E-state index contributed by atoms with van der Waals surface area (Å²) in [6.07, 6.45) is 0. The van der Waals surface area contributed by atoms with E-state index in [1.54, 1.807) is 38.4 Å². The van der Waals surface area contributed by atoms with Crippen LogP contribution in [0.25, 0.3) is 5.69 Å². The molecule has 1 aliphatic rings. The van der Waals surface area contributed by atoms with Gasteiger partial charge in [-0.15, -0.1) is 0 Å². The van der Waals surface area contributed by atoms with Crippen LogP contribution < -0.4 is 5.32 Å². The van der Waals surface area contributed by atoms with Crippen LogP contribution in [0.2, 0.25) is 0 Å². The maximum absolute atomic E-state index is 13.3. The Morgan fingerprint density at radius 1 is 1.20 bits per heavy atom. The number of para-hydroxylation sites is 1. The first-order chi connectivity index (χ1) is 14.3. The minimum absolute atomic E-state index is 0.0746. The van der Waals surface area contributed by atoms with Crippen molar-refractivity contribution in [1.29, 1.82) is 5.26 Å². The minimum Gasteiger partial charge on any atom is -0.466 e. The van der Waals surface area contributed by atoms with E-state index in [-0.39, 0.29) is 6.54 Å². The molecule has 1 fully saturated rings. The molecule has 1 atom stereocenters. The Hall–Kier alpha value is -3.86. The number of nitrogens with one attached hydrogen (secondary N) is 1. The van der Waals surface area contributed by atoms with Crippen LogP contribution >= 0.6 is 0 Å². The van der Waals surface area contributed by atoms with Crippen LogP contribution in [0.3, 0.4) is 0 Å². The second kappa shape index (κ2) is 6.88. The zero-order valence-electron chi connectivity index (χ0n) is 17.2. The van der Waals surface area contributed by atoms with Crippen molar-refractivity contribution in [2.75, 3.05) is 0 Å². The quantitative estimate of drug-likeness (QED) is 0.674. The molecular formula is C22H21N5O3. The van der Waals surface area contributed by atoms with Gasteiger partial charge in [-0.1, -0.05) is 18.2 Å². The predicted molar refractivity (Wildman–Crippen MR) is 108 cm³/mol. The SMILES string of the molecule is Cc1cc(C2(C)NC(=O)N(Cc3c(C#N)c(C)nn3-c3ccccc3)C2=O)c(C)o1. The number of furan rings is 1. The lowest BCUT2D eigenvalue weighted by Crippen LogP contribution is -2.41. The lowest BCUT2D eigenvalue weighted by Gasteiger charge is -2.21. The van der Waals surface area contributed by atoms with Crippen molar-refractivity contribution in [1.82, 2.24) is 20.0 Å². The van der Waals surface area contributed by atoms with Gasteiger partial charge in [-0.25, -0.2) is 9.48 Å². The van der Waals surface area contributed by atoms with Crippen LogP contribution in [0.1, 0.15) is 41.0 Å². The van der Waals surface area contributed by atoms with Crippen molar-refractivity contribution in [2.24, 2.45) is 0 Å². The molecule has 152 valence electrons. The molecule has 1 saturated heterocycles. The lowest BCUT2D eigenvalue weighted by molar-refractivity contribution is -0.131. The van der Waals surface area contributed by atoms with Crippen LogP contribution in [0.15, 0.2) is 40.8 Å². The summed E-state index contributed by atoms with van der Waals surface area (Å²) in [7, 11) is 0. The van der Waals surface area contributed by atoms with Gasteiger partial charge in [0.2, 0.25) is 0 Å². The summed E-state index contributed by atoms with van der Waals surface area (Å²) in [6, 6.07) is 12.7. The van der Waals surface area contributed by atoms with E-state index in [0.717, 1.165) is 10.6 Å². The van der Waals surface area contributed by atoms with E-state index < -0.39 is 17.5 Å². The zero-order valence-corrected chi connectivity index (χ0v) is 17.2. The molecule has 4 rings (SSSR count). The number of nitrogens with zero attached hydrogens (tertiary/aromatic N) is 4. The Kier molecular flexibility index (Phi) is 4.46. The average molecular weight is 403 g/mol. The molecule has 8 heteroatoms. The van der Waals surface area contributed by atoms with Crippen LogP contribution in [-0.2, 0) is 16.9 Å². The molecule has 0 saturated carbocycles. The summed E-state index contributed by atoms with van der Waals surface area (Å²) in [5.74, 6) is 0.834. The van der Waals surface area contributed by atoms with E-state index in [1.807, 2.05) is 30.3 Å². The largest absolute Gasteiger partial charge is 0.466 e. The van der Waals surface area contributed by atoms with Crippen LogP contribution in [-0.4, -0.2) is 26.6 Å². The smallest absolute Gasteiger partial charge is 0.325 e.